The molecule has 1 aromatic carbocycles. The predicted molar refractivity (Wildman–Crippen MR) is 74.0 cm³/mol. The first-order valence-electron chi connectivity index (χ1n) is 6.24. The van der Waals surface area contributed by atoms with Crippen LogP contribution in [0.15, 0.2) is 47.7 Å². The topological polar surface area (TPSA) is 74.0 Å². The van der Waals surface area contributed by atoms with E-state index in [9.17, 15) is 13.2 Å². The third-order valence-corrected chi connectivity index (χ3v) is 3.35. The number of hydrogen-bond donors (Lipinski definition) is 1. The summed E-state index contributed by atoms with van der Waals surface area (Å²) in [5.74, 6) is 1.23. The van der Waals surface area contributed by atoms with Crippen molar-refractivity contribution < 1.29 is 31.0 Å². The molecule has 22 heavy (non-hydrogen) atoms. The molecule has 1 heterocycles. The molecule has 2 rings (SSSR count). The molecule has 1 atom stereocenters. The van der Waals surface area contributed by atoms with Gasteiger partial charge >= 0.3 is 5.51 Å². The van der Waals surface area contributed by atoms with Gasteiger partial charge < -0.3 is 4.55 Å². The fourth-order valence-corrected chi connectivity index (χ4v) is 1.61. The van der Waals surface area contributed by atoms with Crippen LogP contribution in [-0.2, 0) is 16.5 Å². The van der Waals surface area contributed by atoms with Crippen molar-refractivity contribution in [3.63, 3.8) is 0 Å². The summed E-state index contributed by atoms with van der Waals surface area (Å²) in [6, 6.07) is 10.5. The van der Waals surface area contributed by atoms with Gasteiger partial charge in [-0.3, -0.25) is 4.90 Å². The molecule has 0 saturated heterocycles. The van der Waals surface area contributed by atoms with Gasteiger partial charge in [-0.2, -0.15) is 13.2 Å². The van der Waals surface area contributed by atoms with Crippen molar-refractivity contribution in [2.24, 2.45) is 4.99 Å². The van der Waals surface area contributed by atoms with Crippen LogP contribution in [0.3, 0.4) is 0 Å². The molecule has 0 saturated carbocycles. The van der Waals surface area contributed by atoms with E-state index >= 15 is 0 Å². The van der Waals surface area contributed by atoms with Crippen molar-refractivity contribution >= 4 is 16.0 Å². The van der Waals surface area contributed by atoms with Crippen molar-refractivity contribution in [1.82, 2.24) is 0 Å². The van der Waals surface area contributed by atoms with E-state index in [1.54, 1.807) is 0 Å². The van der Waals surface area contributed by atoms with Crippen LogP contribution in [0.25, 0.3) is 0 Å². The van der Waals surface area contributed by atoms with Gasteiger partial charge in [-0.25, -0.2) is 13.4 Å². The van der Waals surface area contributed by atoms with Gasteiger partial charge in [0.1, 0.15) is 6.20 Å². The highest BCUT2D eigenvalue weighted by Crippen LogP contribution is 2.20. The van der Waals surface area contributed by atoms with Crippen LogP contribution in [0.2, 0.25) is 0 Å². The second-order valence-electron chi connectivity index (χ2n) is 4.46. The fraction of sp³-hybridized carbons (Fsp3) is 0.308. The van der Waals surface area contributed by atoms with E-state index in [0.29, 0.717) is 0 Å². The number of quaternary nitrogens is 1. The van der Waals surface area contributed by atoms with Crippen molar-refractivity contribution in [2.45, 2.75) is 18.3 Å². The summed E-state index contributed by atoms with van der Waals surface area (Å²) in [5.41, 5.74) is -4.26. The third kappa shape index (κ3) is 5.96. The highest BCUT2D eigenvalue weighted by molar-refractivity contribution is 7.86. The Labute approximate surface area is 126 Å². The molecule has 0 aromatic heterocycles. The average Bonchev–Trinajstić information content (AvgIpc) is 2.81. The van der Waals surface area contributed by atoms with Crippen molar-refractivity contribution in [3.05, 3.63) is 48.3 Å². The van der Waals surface area contributed by atoms with Gasteiger partial charge in [0, 0.05) is 6.42 Å². The number of halogens is 3. The van der Waals surface area contributed by atoms with Crippen LogP contribution in [0.4, 0.5) is 13.2 Å². The molecule has 9 heteroatoms. The lowest BCUT2D eigenvalue weighted by molar-refractivity contribution is -0.719. The molecule has 5 nitrogen and oxygen atoms in total. The van der Waals surface area contributed by atoms with E-state index in [-0.39, 0.29) is 0 Å². The Kier molecular flexibility index (Phi) is 6.27. The van der Waals surface area contributed by atoms with Crippen LogP contribution >= 0.6 is 0 Å². The maximum Gasteiger partial charge on any atom is 0.485 e. The van der Waals surface area contributed by atoms with Crippen molar-refractivity contribution in [1.29, 1.82) is 0 Å². The van der Waals surface area contributed by atoms with Crippen LogP contribution in [0.1, 0.15) is 12.0 Å². The van der Waals surface area contributed by atoms with E-state index in [0.717, 1.165) is 12.8 Å². The molecule has 1 unspecified atom stereocenters. The highest BCUT2D eigenvalue weighted by Gasteiger charge is 2.36. The first-order chi connectivity index (χ1) is 10.1. The summed E-state index contributed by atoms with van der Waals surface area (Å²) in [4.78, 5) is 5.64. The van der Waals surface area contributed by atoms with E-state index < -0.39 is 15.6 Å². The summed E-state index contributed by atoms with van der Waals surface area (Å²) < 4.78 is 58.9. The number of aliphatic imine (C=N–C) groups is 1. The molecule has 0 aliphatic carbocycles. The zero-order valence-electron chi connectivity index (χ0n) is 11.7. The number of amidine groups is 1. The molecule has 122 valence electrons. The van der Waals surface area contributed by atoms with Gasteiger partial charge in [-0.05, 0) is 12.0 Å². The Balaban J connectivity index is 0.000000261. The molecule has 1 aromatic rings. The Morgan fingerprint density at radius 3 is 2.14 bits per heavy atom. The largest absolute Gasteiger partial charge is 0.741 e. The number of nitrogens with zero attached hydrogens (tertiary/aromatic N) is 1. The zero-order valence-corrected chi connectivity index (χ0v) is 12.5. The van der Waals surface area contributed by atoms with E-state index in [1.165, 1.54) is 16.3 Å². The van der Waals surface area contributed by atoms with Crippen molar-refractivity contribution in [3.8, 4) is 0 Å². The second-order valence-corrected chi connectivity index (χ2v) is 5.83. The SMILES string of the molecule is C[NH+]1C=CN=C1CCc1ccccc1.O=S(=O)([O-])C(F)(F)F. The molecular formula is C13H15F3N2O3S. The minimum atomic E-state index is -6.09. The van der Waals surface area contributed by atoms with Crippen LogP contribution in [-0.4, -0.2) is 31.4 Å². The molecule has 0 bridgehead atoms. The van der Waals surface area contributed by atoms with Gasteiger partial charge in [-0.15, -0.1) is 0 Å². The molecule has 1 aliphatic rings. The van der Waals surface area contributed by atoms with Crippen LogP contribution in [0, 0.1) is 0 Å². The highest BCUT2D eigenvalue weighted by atomic mass is 32.2. The molecule has 1 aliphatic heterocycles. The first-order valence-corrected chi connectivity index (χ1v) is 7.65. The third-order valence-electron chi connectivity index (χ3n) is 2.79. The fourth-order valence-electron chi connectivity index (χ4n) is 1.61. The Hall–Kier alpha value is -1.71. The lowest BCUT2D eigenvalue weighted by atomic mass is 10.1. The molecule has 0 amide bonds. The van der Waals surface area contributed by atoms with Crippen LogP contribution < -0.4 is 4.90 Å². The van der Waals surface area contributed by atoms with Gasteiger partial charge in [-0.1, -0.05) is 30.3 Å². The number of aryl methyl sites for hydroxylation is 1. The Bertz CT molecular complexity index is 640. The standard InChI is InChI=1S/C12H14N2.CHF3O3S/c1-14-10-9-13-12(14)8-7-11-5-3-2-4-6-11;2-1(3,4)8(5,6)7/h2-6,9-10H,7-8H2,1H3;(H,5,6,7). The number of hydrogen-bond acceptors (Lipinski definition) is 4. The summed E-state index contributed by atoms with van der Waals surface area (Å²) in [7, 11) is -3.97. The van der Waals surface area contributed by atoms with E-state index in [2.05, 4.69) is 48.6 Å². The van der Waals surface area contributed by atoms with Crippen molar-refractivity contribution in [2.75, 3.05) is 7.05 Å². The lowest BCUT2D eigenvalue weighted by Gasteiger charge is -2.08. The predicted octanol–water partition coefficient (Wildman–Crippen LogP) is 1.07. The number of rotatable bonds is 3. The lowest BCUT2D eigenvalue weighted by Crippen LogP contribution is -3.06. The van der Waals surface area contributed by atoms with Gasteiger partial charge in [0.15, 0.2) is 10.1 Å². The van der Waals surface area contributed by atoms with Gasteiger partial charge in [0.25, 0.3) is 0 Å². The summed E-state index contributed by atoms with van der Waals surface area (Å²) in [6.45, 7) is 0. The Morgan fingerprint density at radius 1 is 1.18 bits per heavy atom. The molecular weight excluding hydrogens is 321 g/mol. The smallest absolute Gasteiger partial charge is 0.485 e. The molecule has 0 spiro atoms. The maximum atomic E-state index is 10.7. The zero-order chi connectivity index (χ0) is 16.8. The van der Waals surface area contributed by atoms with Crippen LogP contribution in [0.5, 0.6) is 0 Å². The first kappa shape index (κ1) is 18.3. The second kappa shape index (κ2) is 7.52. The average molecular weight is 336 g/mol. The number of alkyl halides is 3. The maximum absolute atomic E-state index is 10.7. The normalized spacial score (nSPS) is 17.7. The number of nitrogens with one attached hydrogen (secondary N) is 1. The number of benzene rings is 1. The quantitative estimate of drug-likeness (QED) is 0.663. The van der Waals surface area contributed by atoms with Gasteiger partial charge in [0.2, 0.25) is 5.84 Å². The minimum Gasteiger partial charge on any atom is -0.741 e. The summed E-state index contributed by atoms with van der Waals surface area (Å²) in [6.07, 6.45) is 6.08. The molecule has 0 fully saturated rings. The Morgan fingerprint density at radius 2 is 1.73 bits per heavy atom. The molecule has 0 radical (unpaired) electrons. The summed E-state index contributed by atoms with van der Waals surface area (Å²) in [5, 5.41) is 0. The minimum absolute atomic E-state index is 1.04. The molecule has 1 N–H and O–H groups in total. The van der Waals surface area contributed by atoms with Gasteiger partial charge in [0.05, 0.1) is 13.2 Å². The van der Waals surface area contributed by atoms with E-state index in [1.807, 2.05) is 6.20 Å². The monoisotopic (exact) mass is 336 g/mol. The van der Waals surface area contributed by atoms with E-state index in [4.69, 9.17) is 13.0 Å². The summed E-state index contributed by atoms with van der Waals surface area (Å²) >= 11 is 0.